The summed E-state index contributed by atoms with van der Waals surface area (Å²) >= 11 is 0. The number of benzene rings is 2. The van der Waals surface area contributed by atoms with E-state index >= 15 is 0 Å². The summed E-state index contributed by atoms with van der Waals surface area (Å²) in [7, 11) is -5.09. The lowest BCUT2D eigenvalue weighted by atomic mass is 10.1. The zero-order chi connectivity index (χ0) is 17.4. The highest BCUT2D eigenvalue weighted by Gasteiger charge is 2.55. The molecule has 1 heterocycles. The van der Waals surface area contributed by atoms with Gasteiger partial charge in [0.1, 0.15) is 14.1 Å². The SMILES string of the molecule is C[Si](C)(C)C#C[C@@H]1[C@@H](c2ccccc2)N1S(=O)(=O)c1ccccc1. The van der Waals surface area contributed by atoms with Gasteiger partial charge in [0.15, 0.2) is 0 Å². The summed E-state index contributed by atoms with van der Waals surface area (Å²) in [5, 5.41) is 0. The third-order valence-electron chi connectivity index (χ3n) is 3.81. The Morgan fingerprint density at radius 1 is 0.917 bits per heavy atom. The molecule has 0 spiro atoms. The number of rotatable bonds is 3. The third-order valence-corrected chi connectivity index (χ3v) is 6.58. The minimum Gasteiger partial charge on any atom is -0.207 e. The van der Waals surface area contributed by atoms with Crippen molar-refractivity contribution in [1.82, 2.24) is 4.31 Å². The van der Waals surface area contributed by atoms with Gasteiger partial charge in [-0.1, -0.05) is 74.1 Å². The average Bonchev–Trinajstić information content (AvgIpc) is 3.29. The summed E-state index contributed by atoms with van der Waals surface area (Å²) in [4.78, 5) is 0.322. The van der Waals surface area contributed by atoms with Crippen LogP contribution in [0.4, 0.5) is 0 Å². The Hall–Kier alpha value is -1.87. The number of hydrogen-bond donors (Lipinski definition) is 0. The predicted molar refractivity (Wildman–Crippen MR) is 99.6 cm³/mol. The van der Waals surface area contributed by atoms with E-state index in [2.05, 4.69) is 31.1 Å². The molecule has 1 saturated heterocycles. The van der Waals surface area contributed by atoms with Crippen LogP contribution in [-0.4, -0.2) is 26.8 Å². The first-order valence-corrected chi connectivity index (χ1v) is 12.9. The van der Waals surface area contributed by atoms with E-state index in [4.69, 9.17) is 0 Å². The molecule has 0 N–H and O–H groups in total. The van der Waals surface area contributed by atoms with Crippen LogP contribution >= 0.6 is 0 Å². The van der Waals surface area contributed by atoms with Gasteiger partial charge in [0.25, 0.3) is 0 Å². The van der Waals surface area contributed by atoms with E-state index in [0.717, 1.165) is 5.56 Å². The zero-order valence-corrected chi connectivity index (χ0v) is 15.9. The van der Waals surface area contributed by atoms with Crippen molar-refractivity contribution in [1.29, 1.82) is 0 Å². The largest absolute Gasteiger partial charge is 0.244 e. The van der Waals surface area contributed by atoms with Crippen LogP contribution in [0.1, 0.15) is 11.6 Å². The van der Waals surface area contributed by atoms with Crippen molar-refractivity contribution in [2.75, 3.05) is 0 Å². The van der Waals surface area contributed by atoms with Crippen molar-refractivity contribution >= 4 is 18.1 Å². The van der Waals surface area contributed by atoms with Crippen LogP contribution in [0.3, 0.4) is 0 Å². The van der Waals surface area contributed by atoms with Gasteiger partial charge < -0.3 is 0 Å². The molecule has 3 nitrogen and oxygen atoms in total. The Labute approximate surface area is 145 Å². The van der Waals surface area contributed by atoms with Crippen molar-refractivity contribution in [2.24, 2.45) is 0 Å². The van der Waals surface area contributed by atoms with Gasteiger partial charge in [-0.15, -0.1) is 5.54 Å². The van der Waals surface area contributed by atoms with E-state index in [1.54, 1.807) is 24.3 Å². The predicted octanol–water partition coefficient (Wildman–Crippen LogP) is 3.68. The molecule has 0 bridgehead atoms. The van der Waals surface area contributed by atoms with Crippen molar-refractivity contribution in [3.8, 4) is 11.5 Å². The second-order valence-electron chi connectivity index (χ2n) is 6.97. The Bertz CT molecular complexity index is 878. The Kier molecular flexibility index (Phi) is 4.39. The lowest BCUT2D eigenvalue weighted by Gasteiger charge is -2.06. The van der Waals surface area contributed by atoms with Crippen LogP contribution in [0.15, 0.2) is 65.6 Å². The van der Waals surface area contributed by atoms with Crippen molar-refractivity contribution < 1.29 is 8.42 Å². The zero-order valence-electron chi connectivity index (χ0n) is 14.1. The van der Waals surface area contributed by atoms with E-state index in [9.17, 15) is 8.42 Å². The van der Waals surface area contributed by atoms with Gasteiger partial charge in [-0.25, -0.2) is 8.42 Å². The minimum absolute atomic E-state index is 0.194. The lowest BCUT2D eigenvalue weighted by Crippen LogP contribution is -2.18. The molecular weight excluding hydrogens is 334 g/mol. The molecule has 2 aromatic carbocycles. The maximum Gasteiger partial charge on any atom is 0.244 e. The summed E-state index contributed by atoms with van der Waals surface area (Å²) in [5.74, 6) is 3.23. The van der Waals surface area contributed by atoms with Crippen LogP contribution in [0.5, 0.6) is 0 Å². The van der Waals surface area contributed by atoms with Crippen LogP contribution in [0, 0.1) is 11.5 Å². The summed E-state index contributed by atoms with van der Waals surface area (Å²) in [6.07, 6.45) is 0. The van der Waals surface area contributed by atoms with Gasteiger partial charge in [0.05, 0.1) is 10.9 Å². The van der Waals surface area contributed by atoms with E-state index in [1.807, 2.05) is 36.4 Å². The molecule has 1 aliphatic rings. The molecule has 1 unspecified atom stereocenters. The van der Waals surface area contributed by atoms with Crippen LogP contribution in [0.25, 0.3) is 0 Å². The number of nitrogens with zero attached hydrogens (tertiary/aromatic N) is 1. The molecule has 5 heteroatoms. The van der Waals surface area contributed by atoms with Gasteiger partial charge in [0.2, 0.25) is 10.0 Å². The Balaban J connectivity index is 1.99. The van der Waals surface area contributed by atoms with E-state index < -0.39 is 18.1 Å². The second-order valence-corrected chi connectivity index (χ2v) is 13.6. The molecule has 124 valence electrons. The molecule has 3 rings (SSSR count). The van der Waals surface area contributed by atoms with Crippen molar-refractivity contribution in [3.63, 3.8) is 0 Å². The topological polar surface area (TPSA) is 37.1 Å². The highest BCUT2D eigenvalue weighted by molar-refractivity contribution is 7.89. The quantitative estimate of drug-likeness (QED) is 0.478. The van der Waals surface area contributed by atoms with Crippen LogP contribution in [-0.2, 0) is 10.0 Å². The molecule has 0 amide bonds. The number of sulfonamides is 1. The van der Waals surface area contributed by atoms with Gasteiger partial charge >= 0.3 is 0 Å². The molecule has 2 aromatic rings. The smallest absolute Gasteiger partial charge is 0.207 e. The lowest BCUT2D eigenvalue weighted by molar-refractivity contribution is 0.551. The Morgan fingerprint density at radius 2 is 1.46 bits per heavy atom. The fourth-order valence-corrected chi connectivity index (χ4v) is 4.91. The van der Waals surface area contributed by atoms with Crippen LogP contribution < -0.4 is 0 Å². The highest BCUT2D eigenvalue weighted by Crippen LogP contribution is 2.47. The monoisotopic (exact) mass is 355 g/mol. The van der Waals surface area contributed by atoms with Gasteiger partial charge in [0, 0.05) is 0 Å². The van der Waals surface area contributed by atoms with Crippen molar-refractivity contribution in [3.05, 3.63) is 66.2 Å². The Morgan fingerprint density at radius 3 is 2.00 bits per heavy atom. The van der Waals surface area contributed by atoms with E-state index in [-0.39, 0.29) is 12.1 Å². The molecule has 0 saturated carbocycles. The summed E-state index contributed by atoms with van der Waals surface area (Å²) in [6, 6.07) is 17.9. The van der Waals surface area contributed by atoms with Gasteiger partial charge in [-0.05, 0) is 17.7 Å². The second kappa shape index (κ2) is 6.21. The fourth-order valence-electron chi connectivity index (χ4n) is 2.64. The first kappa shape index (κ1) is 17.0. The molecule has 0 radical (unpaired) electrons. The van der Waals surface area contributed by atoms with Gasteiger partial charge in [-0.3, -0.25) is 0 Å². The first-order valence-electron chi connectivity index (χ1n) is 7.97. The van der Waals surface area contributed by atoms with E-state index in [1.165, 1.54) is 4.31 Å². The maximum absolute atomic E-state index is 13.0. The minimum atomic E-state index is -3.53. The summed E-state index contributed by atoms with van der Waals surface area (Å²) < 4.78 is 27.5. The summed E-state index contributed by atoms with van der Waals surface area (Å²) in [6.45, 7) is 6.49. The average molecular weight is 356 g/mol. The first-order chi connectivity index (χ1) is 11.3. The molecule has 1 aliphatic heterocycles. The van der Waals surface area contributed by atoms with Crippen LogP contribution in [0.2, 0.25) is 19.6 Å². The molecule has 0 aliphatic carbocycles. The molecule has 0 aromatic heterocycles. The molecular formula is C19H21NO2SSi. The number of hydrogen-bond acceptors (Lipinski definition) is 2. The highest BCUT2D eigenvalue weighted by atomic mass is 32.2. The molecule has 24 heavy (non-hydrogen) atoms. The molecule has 1 fully saturated rings. The third kappa shape index (κ3) is 3.46. The standard InChI is InChI=1S/C19H21NO2SSi/c1-24(2,3)15-14-18-19(16-10-6-4-7-11-16)20(18)23(21,22)17-12-8-5-9-13-17/h4-13,18-19H,1-3H3/t18-,19-,20?/m1/s1. The van der Waals surface area contributed by atoms with Crippen molar-refractivity contribution in [2.45, 2.75) is 36.6 Å². The maximum atomic E-state index is 13.0. The van der Waals surface area contributed by atoms with Gasteiger partial charge in [-0.2, -0.15) is 4.31 Å². The summed E-state index contributed by atoms with van der Waals surface area (Å²) in [5.41, 5.74) is 4.31. The molecule has 3 atom stereocenters. The normalized spacial score (nSPS) is 23.2. The van der Waals surface area contributed by atoms with E-state index in [0.29, 0.717) is 4.90 Å². The fraction of sp³-hybridized carbons (Fsp3) is 0.263.